The number of amides is 2. The van der Waals surface area contributed by atoms with E-state index in [1.807, 2.05) is 0 Å². The van der Waals surface area contributed by atoms with Gasteiger partial charge >= 0.3 is 0 Å². The fraction of sp³-hybridized carbons (Fsp3) is 0.222. The van der Waals surface area contributed by atoms with Crippen molar-refractivity contribution in [1.82, 2.24) is 5.32 Å². The van der Waals surface area contributed by atoms with E-state index in [1.165, 1.54) is 43.4 Å². The molecule has 0 aliphatic rings. The summed E-state index contributed by atoms with van der Waals surface area (Å²) in [6.45, 7) is 1.58. The minimum Gasteiger partial charge on any atom is -0.355 e. The molecule has 1 atom stereocenters. The Morgan fingerprint density at radius 1 is 1.15 bits per heavy atom. The molecule has 0 aromatic heterocycles. The normalized spacial score (nSPS) is 12.3. The average molecular weight is 394 g/mol. The molecule has 0 heterocycles. The second kappa shape index (κ2) is 8.74. The quantitative estimate of drug-likeness (QED) is 0.702. The lowest BCUT2D eigenvalue weighted by atomic mass is 10.1. The first-order chi connectivity index (χ1) is 12.8. The lowest BCUT2D eigenvalue weighted by molar-refractivity contribution is -0.122. The van der Waals surface area contributed by atoms with Crippen molar-refractivity contribution in [2.45, 2.75) is 24.3 Å². The first-order valence-electron chi connectivity index (χ1n) is 8.09. The number of hydrogen-bond donors (Lipinski definition) is 2. The van der Waals surface area contributed by atoms with Crippen LogP contribution >= 0.6 is 0 Å². The topological polar surface area (TPSA) is 102 Å². The Labute approximate surface area is 156 Å². The fourth-order valence-electron chi connectivity index (χ4n) is 2.23. The number of carbonyl (C=O) groups excluding carboxylic acids is 2. The number of nitrogens with one attached hydrogen (secondary N) is 2. The second-order valence-electron chi connectivity index (χ2n) is 5.52. The minimum absolute atomic E-state index is 0.0720. The third kappa shape index (κ3) is 5.11. The lowest BCUT2D eigenvalue weighted by Crippen LogP contribution is -2.32. The number of benzene rings is 2. The molecular weight excluding hydrogens is 375 g/mol. The molecule has 7 nitrogen and oxygen atoms in total. The van der Waals surface area contributed by atoms with E-state index in [4.69, 9.17) is 4.18 Å². The summed E-state index contributed by atoms with van der Waals surface area (Å²) >= 11 is 0. The van der Waals surface area contributed by atoms with Gasteiger partial charge in [-0.2, -0.15) is 8.42 Å². The highest BCUT2D eigenvalue weighted by Gasteiger charge is 2.26. The smallest absolute Gasteiger partial charge is 0.297 e. The van der Waals surface area contributed by atoms with Crippen LogP contribution in [0.5, 0.6) is 0 Å². The van der Waals surface area contributed by atoms with E-state index in [9.17, 15) is 22.4 Å². The maximum absolute atomic E-state index is 14.0. The molecule has 0 radical (unpaired) electrons. The van der Waals surface area contributed by atoms with E-state index in [-0.39, 0.29) is 22.6 Å². The number of rotatable bonds is 7. The Hall–Kier alpha value is -2.78. The first-order valence-corrected chi connectivity index (χ1v) is 9.50. The van der Waals surface area contributed by atoms with E-state index < -0.39 is 33.9 Å². The van der Waals surface area contributed by atoms with Gasteiger partial charge in [0.1, 0.15) is 5.82 Å². The summed E-state index contributed by atoms with van der Waals surface area (Å²) in [4.78, 5) is 23.8. The van der Waals surface area contributed by atoms with Gasteiger partial charge in [0, 0.05) is 12.7 Å². The Balaban J connectivity index is 2.13. The molecule has 0 aliphatic carbocycles. The molecular formula is C18H19FN2O5S. The molecule has 2 rings (SSSR count). The van der Waals surface area contributed by atoms with Crippen molar-refractivity contribution in [3.05, 3.63) is 59.9 Å². The van der Waals surface area contributed by atoms with Crippen molar-refractivity contribution in [2.75, 3.05) is 12.4 Å². The van der Waals surface area contributed by atoms with Crippen molar-refractivity contribution < 1.29 is 26.6 Å². The monoisotopic (exact) mass is 394 g/mol. The number of anilines is 1. The van der Waals surface area contributed by atoms with Crippen molar-refractivity contribution >= 4 is 27.6 Å². The van der Waals surface area contributed by atoms with Gasteiger partial charge in [0.15, 0.2) is 6.10 Å². The highest BCUT2D eigenvalue weighted by molar-refractivity contribution is 7.86. The molecule has 9 heteroatoms. The highest BCUT2D eigenvalue weighted by Crippen LogP contribution is 2.18. The summed E-state index contributed by atoms with van der Waals surface area (Å²) in [7, 11) is -2.76. The molecule has 0 fully saturated rings. The van der Waals surface area contributed by atoms with Crippen LogP contribution < -0.4 is 10.6 Å². The van der Waals surface area contributed by atoms with Gasteiger partial charge in [0.25, 0.3) is 21.9 Å². The molecule has 0 bridgehead atoms. The number of carbonyl (C=O) groups is 2. The van der Waals surface area contributed by atoms with Gasteiger partial charge in [-0.3, -0.25) is 13.8 Å². The molecule has 0 saturated heterocycles. The van der Waals surface area contributed by atoms with Crippen LogP contribution in [0.3, 0.4) is 0 Å². The van der Waals surface area contributed by atoms with E-state index in [0.29, 0.717) is 0 Å². The van der Waals surface area contributed by atoms with Gasteiger partial charge in [0.05, 0.1) is 10.5 Å². The standard InChI is InChI=1S/C18H19FN2O5S/c1-3-16(26-27(24,25)13-7-5-4-6-8-13)18(23)21-12-9-10-14(15(19)11-12)17(22)20-2/h4-11,16H,3H2,1-2H3,(H,20,22)(H,21,23)/t16-/m1/s1. The van der Waals surface area contributed by atoms with Crippen molar-refractivity contribution in [3.63, 3.8) is 0 Å². The van der Waals surface area contributed by atoms with E-state index in [0.717, 1.165) is 6.07 Å². The first kappa shape index (κ1) is 20.5. The van der Waals surface area contributed by atoms with Crippen LogP contribution in [-0.4, -0.2) is 33.4 Å². The third-order valence-corrected chi connectivity index (χ3v) is 4.98. The zero-order valence-electron chi connectivity index (χ0n) is 14.7. The predicted octanol–water partition coefficient (Wildman–Crippen LogP) is 2.31. The van der Waals surface area contributed by atoms with Crippen molar-refractivity contribution in [2.24, 2.45) is 0 Å². The molecule has 144 valence electrons. The molecule has 2 aromatic carbocycles. The minimum atomic E-state index is -4.13. The van der Waals surface area contributed by atoms with Crippen molar-refractivity contribution in [3.8, 4) is 0 Å². The van der Waals surface area contributed by atoms with Crippen LogP contribution in [0.1, 0.15) is 23.7 Å². The van der Waals surface area contributed by atoms with E-state index >= 15 is 0 Å². The largest absolute Gasteiger partial charge is 0.355 e. The van der Waals surface area contributed by atoms with E-state index in [2.05, 4.69) is 10.6 Å². The van der Waals surface area contributed by atoms with Crippen LogP contribution in [0.2, 0.25) is 0 Å². The van der Waals surface area contributed by atoms with Gasteiger partial charge in [-0.25, -0.2) is 4.39 Å². The molecule has 2 N–H and O–H groups in total. The SMILES string of the molecule is CC[C@@H](OS(=O)(=O)c1ccccc1)C(=O)Nc1ccc(C(=O)NC)c(F)c1. The zero-order valence-corrected chi connectivity index (χ0v) is 15.5. The summed E-state index contributed by atoms with van der Waals surface area (Å²) < 4.78 is 43.5. The lowest BCUT2D eigenvalue weighted by Gasteiger charge is -2.16. The maximum Gasteiger partial charge on any atom is 0.297 e. The van der Waals surface area contributed by atoms with Gasteiger partial charge in [0.2, 0.25) is 0 Å². The van der Waals surface area contributed by atoms with Crippen LogP contribution in [0.25, 0.3) is 0 Å². The summed E-state index contributed by atoms with van der Waals surface area (Å²) in [6, 6.07) is 11.0. The summed E-state index contributed by atoms with van der Waals surface area (Å²) in [5, 5.41) is 4.69. The van der Waals surface area contributed by atoms with Crippen molar-refractivity contribution in [1.29, 1.82) is 0 Å². The molecule has 0 aliphatic heterocycles. The molecule has 27 heavy (non-hydrogen) atoms. The Kier molecular flexibility index (Phi) is 6.65. The second-order valence-corrected chi connectivity index (χ2v) is 7.10. The third-order valence-electron chi connectivity index (χ3n) is 3.65. The van der Waals surface area contributed by atoms with Gasteiger partial charge in [-0.15, -0.1) is 0 Å². The zero-order chi connectivity index (χ0) is 20.0. The number of halogens is 1. The number of hydrogen-bond acceptors (Lipinski definition) is 5. The fourth-order valence-corrected chi connectivity index (χ4v) is 3.36. The van der Waals surface area contributed by atoms with Gasteiger partial charge in [-0.1, -0.05) is 25.1 Å². The predicted molar refractivity (Wildman–Crippen MR) is 97.2 cm³/mol. The molecule has 0 saturated carbocycles. The molecule has 0 unspecified atom stereocenters. The Morgan fingerprint density at radius 3 is 2.37 bits per heavy atom. The average Bonchev–Trinajstić information content (AvgIpc) is 2.66. The summed E-state index contributed by atoms with van der Waals surface area (Å²) in [6.07, 6.45) is -1.21. The summed E-state index contributed by atoms with van der Waals surface area (Å²) in [5.41, 5.74) is -0.102. The van der Waals surface area contributed by atoms with Gasteiger partial charge in [-0.05, 0) is 36.8 Å². The molecule has 2 amide bonds. The molecule has 0 spiro atoms. The Bertz CT molecular complexity index is 932. The van der Waals surface area contributed by atoms with Gasteiger partial charge < -0.3 is 10.6 Å². The highest BCUT2D eigenvalue weighted by atomic mass is 32.2. The maximum atomic E-state index is 14.0. The van der Waals surface area contributed by atoms with E-state index in [1.54, 1.807) is 13.0 Å². The van der Waals surface area contributed by atoms with Crippen LogP contribution in [0.4, 0.5) is 10.1 Å². The summed E-state index contributed by atoms with van der Waals surface area (Å²) in [5.74, 6) is -2.17. The molecule has 2 aromatic rings. The van der Waals surface area contributed by atoms with Crippen LogP contribution in [0.15, 0.2) is 53.4 Å². The van der Waals surface area contributed by atoms with Crippen LogP contribution in [-0.2, 0) is 19.1 Å². The Morgan fingerprint density at radius 2 is 1.81 bits per heavy atom. The van der Waals surface area contributed by atoms with Crippen LogP contribution in [0, 0.1) is 5.82 Å².